The Kier molecular flexibility index (Phi) is 8.34. The Hall–Kier alpha value is -1.83. The van der Waals surface area contributed by atoms with E-state index >= 15 is 0 Å². The van der Waals surface area contributed by atoms with Gasteiger partial charge in [0, 0.05) is 5.56 Å². The van der Waals surface area contributed by atoms with Crippen molar-refractivity contribution in [3.05, 3.63) is 67.6 Å². The molecule has 5 nitrogen and oxygen atoms in total. The molecule has 0 aromatic heterocycles. The SMILES string of the molecule is CCO/N=C(/C(=O)O)c1ccccc1COc1cccc(C=C(Br)Br)c1Cl. The van der Waals surface area contributed by atoms with Gasteiger partial charge < -0.3 is 14.7 Å². The van der Waals surface area contributed by atoms with Gasteiger partial charge in [0.05, 0.1) is 8.41 Å². The Morgan fingerprint density at radius 3 is 2.63 bits per heavy atom. The molecule has 8 heteroatoms. The molecule has 0 saturated heterocycles. The molecular weight excluding hydrogens is 501 g/mol. The second-order valence-electron chi connectivity index (χ2n) is 5.20. The summed E-state index contributed by atoms with van der Waals surface area (Å²) in [6.07, 6.45) is 1.81. The lowest BCUT2D eigenvalue weighted by Gasteiger charge is -2.13. The van der Waals surface area contributed by atoms with E-state index in [0.717, 1.165) is 8.96 Å². The van der Waals surface area contributed by atoms with Crippen molar-refractivity contribution in [3.63, 3.8) is 0 Å². The minimum Gasteiger partial charge on any atom is -0.487 e. The molecule has 0 aliphatic carbocycles. The topological polar surface area (TPSA) is 68.1 Å². The van der Waals surface area contributed by atoms with Crippen LogP contribution in [0.4, 0.5) is 0 Å². The molecule has 0 radical (unpaired) electrons. The van der Waals surface area contributed by atoms with Crippen molar-refractivity contribution in [1.29, 1.82) is 0 Å². The zero-order valence-electron chi connectivity index (χ0n) is 14.3. The third-order valence-electron chi connectivity index (χ3n) is 3.40. The fourth-order valence-electron chi connectivity index (χ4n) is 2.23. The molecule has 0 saturated carbocycles. The Morgan fingerprint density at radius 1 is 1.22 bits per heavy atom. The van der Waals surface area contributed by atoms with Gasteiger partial charge in [-0.05, 0) is 62.1 Å². The average molecular weight is 518 g/mol. The summed E-state index contributed by atoms with van der Waals surface area (Å²) in [6, 6.07) is 12.4. The summed E-state index contributed by atoms with van der Waals surface area (Å²) in [5, 5.41) is 13.6. The van der Waals surface area contributed by atoms with Crippen LogP contribution >= 0.6 is 43.5 Å². The van der Waals surface area contributed by atoms with Crippen molar-refractivity contribution in [3.8, 4) is 5.75 Å². The smallest absolute Gasteiger partial charge is 0.358 e. The van der Waals surface area contributed by atoms with Gasteiger partial charge in [0.1, 0.15) is 19.0 Å². The molecule has 0 bridgehead atoms. The van der Waals surface area contributed by atoms with Crippen LogP contribution in [0.15, 0.2) is 51.0 Å². The van der Waals surface area contributed by atoms with Gasteiger partial charge in [0.2, 0.25) is 0 Å². The Bertz CT molecular complexity index is 880. The van der Waals surface area contributed by atoms with Crippen LogP contribution in [0.1, 0.15) is 23.6 Å². The Balaban J connectivity index is 2.30. The second-order valence-corrected chi connectivity index (χ2v) is 8.35. The van der Waals surface area contributed by atoms with E-state index in [2.05, 4.69) is 37.0 Å². The first kappa shape index (κ1) is 21.5. The molecule has 0 aliphatic rings. The zero-order valence-corrected chi connectivity index (χ0v) is 18.2. The molecule has 2 aromatic carbocycles. The molecule has 2 aromatic rings. The molecule has 0 aliphatic heterocycles. The molecule has 2 rings (SSSR count). The summed E-state index contributed by atoms with van der Waals surface area (Å²) in [4.78, 5) is 16.5. The van der Waals surface area contributed by atoms with Crippen LogP contribution in [0.2, 0.25) is 5.02 Å². The molecular formula is C19H16Br2ClNO4. The Morgan fingerprint density at radius 2 is 1.96 bits per heavy atom. The lowest BCUT2D eigenvalue weighted by molar-refractivity contribution is -0.129. The van der Waals surface area contributed by atoms with E-state index in [1.807, 2.05) is 12.1 Å². The maximum Gasteiger partial charge on any atom is 0.358 e. The molecule has 0 atom stereocenters. The summed E-state index contributed by atoms with van der Waals surface area (Å²) in [6.45, 7) is 2.12. The number of hydrogen-bond donors (Lipinski definition) is 1. The highest BCUT2D eigenvalue weighted by Crippen LogP contribution is 2.32. The van der Waals surface area contributed by atoms with Gasteiger partial charge in [-0.1, -0.05) is 53.2 Å². The maximum atomic E-state index is 11.5. The second kappa shape index (κ2) is 10.5. The van der Waals surface area contributed by atoms with Crippen molar-refractivity contribution in [2.24, 2.45) is 5.16 Å². The van der Waals surface area contributed by atoms with E-state index in [-0.39, 0.29) is 18.9 Å². The standard InChI is InChI=1S/C19H16Br2ClNO4/c1-2-27-23-18(19(24)25)14-8-4-3-6-13(14)11-26-15-9-5-7-12(17(15)22)10-16(20)21/h3-10H,2,11H2,1H3,(H,24,25)/b23-18+. The first-order valence-corrected chi connectivity index (χ1v) is 9.86. The fraction of sp³-hybridized carbons (Fsp3) is 0.158. The van der Waals surface area contributed by atoms with E-state index in [9.17, 15) is 9.90 Å². The lowest BCUT2D eigenvalue weighted by Crippen LogP contribution is -2.18. The molecule has 0 fully saturated rings. The minimum absolute atomic E-state index is 0.122. The molecule has 0 spiro atoms. The van der Waals surface area contributed by atoms with E-state index in [4.69, 9.17) is 21.2 Å². The summed E-state index contributed by atoms with van der Waals surface area (Å²) in [5.74, 6) is -0.691. The summed E-state index contributed by atoms with van der Waals surface area (Å²) in [5.41, 5.74) is 1.67. The summed E-state index contributed by atoms with van der Waals surface area (Å²) < 4.78 is 6.59. The molecule has 0 heterocycles. The van der Waals surface area contributed by atoms with Crippen molar-refractivity contribution in [2.45, 2.75) is 13.5 Å². The number of benzene rings is 2. The first-order chi connectivity index (χ1) is 12.9. The van der Waals surface area contributed by atoms with E-state index in [0.29, 0.717) is 21.9 Å². The molecule has 0 amide bonds. The van der Waals surface area contributed by atoms with Crippen LogP contribution in [-0.2, 0) is 16.2 Å². The molecule has 1 N–H and O–H groups in total. The predicted molar refractivity (Wildman–Crippen MR) is 114 cm³/mol. The maximum absolute atomic E-state index is 11.5. The monoisotopic (exact) mass is 515 g/mol. The highest BCUT2D eigenvalue weighted by atomic mass is 79.9. The number of rotatable bonds is 8. The van der Waals surface area contributed by atoms with Crippen molar-refractivity contribution < 1.29 is 19.5 Å². The molecule has 27 heavy (non-hydrogen) atoms. The van der Waals surface area contributed by atoms with Crippen LogP contribution < -0.4 is 4.74 Å². The number of carboxylic acid groups (broad SMARTS) is 1. The van der Waals surface area contributed by atoms with Crippen LogP contribution in [-0.4, -0.2) is 23.4 Å². The highest BCUT2D eigenvalue weighted by Gasteiger charge is 2.18. The third-order valence-corrected chi connectivity index (χ3v) is 4.26. The predicted octanol–water partition coefficient (Wildman–Crippen LogP) is 5.83. The van der Waals surface area contributed by atoms with E-state index in [1.165, 1.54) is 0 Å². The van der Waals surface area contributed by atoms with Crippen molar-refractivity contribution >= 4 is 61.2 Å². The van der Waals surface area contributed by atoms with Crippen LogP contribution in [0, 0.1) is 0 Å². The number of hydrogen-bond acceptors (Lipinski definition) is 4. The quantitative estimate of drug-likeness (QED) is 0.353. The van der Waals surface area contributed by atoms with Gasteiger partial charge >= 0.3 is 5.97 Å². The number of halogens is 3. The van der Waals surface area contributed by atoms with E-state index < -0.39 is 5.97 Å². The fourth-order valence-corrected chi connectivity index (χ4v) is 2.96. The van der Waals surface area contributed by atoms with Crippen molar-refractivity contribution in [2.75, 3.05) is 6.61 Å². The number of carboxylic acids is 1. The lowest BCUT2D eigenvalue weighted by atomic mass is 10.0. The van der Waals surface area contributed by atoms with Crippen LogP contribution in [0.5, 0.6) is 5.75 Å². The van der Waals surface area contributed by atoms with Crippen LogP contribution in [0.25, 0.3) is 6.08 Å². The number of carbonyl (C=O) groups is 1. The first-order valence-electron chi connectivity index (χ1n) is 7.89. The molecule has 0 unspecified atom stereocenters. The van der Waals surface area contributed by atoms with Crippen LogP contribution in [0.3, 0.4) is 0 Å². The molecule has 142 valence electrons. The number of ether oxygens (including phenoxy) is 1. The van der Waals surface area contributed by atoms with Gasteiger partial charge in [-0.2, -0.15) is 0 Å². The number of oxime groups is 1. The van der Waals surface area contributed by atoms with Gasteiger partial charge in [0.15, 0.2) is 5.71 Å². The van der Waals surface area contributed by atoms with Gasteiger partial charge in [-0.25, -0.2) is 4.79 Å². The van der Waals surface area contributed by atoms with Gasteiger partial charge in [0.25, 0.3) is 0 Å². The van der Waals surface area contributed by atoms with Gasteiger partial charge in [-0.15, -0.1) is 0 Å². The Labute approximate surface area is 178 Å². The largest absolute Gasteiger partial charge is 0.487 e. The summed E-state index contributed by atoms with van der Waals surface area (Å²) in [7, 11) is 0. The minimum atomic E-state index is -1.18. The number of aliphatic carboxylic acids is 1. The van der Waals surface area contributed by atoms with E-state index in [1.54, 1.807) is 43.3 Å². The zero-order chi connectivity index (χ0) is 19.8. The normalized spacial score (nSPS) is 11.0. The van der Waals surface area contributed by atoms with Gasteiger partial charge in [-0.3, -0.25) is 0 Å². The highest BCUT2D eigenvalue weighted by molar-refractivity contribution is 9.28. The third kappa shape index (κ3) is 6.09. The average Bonchev–Trinajstić information content (AvgIpc) is 2.63. The summed E-state index contributed by atoms with van der Waals surface area (Å²) >= 11 is 13.0. The van der Waals surface area contributed by atoms with Crippen molar-refractivity contribution in [1.82, 2.24) is 0 Å². The number of nitrogens with zero attached hydrogens (tertiary/aromatic N) is 1.